The Hall–Kier alpha value is -3.78. The van der Waals surface area contributed by atoms with Crippen LogP contribution in [0.4, 0.5) is 0 Å². The van der Waals surface area contributed by atoms with Crippen LogP contribution in [0.3, 0.4) is 0 Å². The average molecular weight is 505 g/mol. The number of hydrogen-bond donors (Lipinski definition) is 0. The van der Waals surface area contributed by atoms with Gasteiger partial charge in [0, 0.05) is 35.2 Å². The second kappa shape index (κ2) is 10.5. The fraction of sp³-hybridized carbons (Fsp3) is 0.250. The average Bonchev–Trinajstić information content (AvgIpc) is 3.19. The summed E-state index contributed by atoms with van der Waals surface area (Å²) >= 11 is 0. The smallest absolute Gasteiger partial charge is 0.318 e. The zero-order valence-electron chi connectivity index (χ0n) is 20.5. The van der Waals surface area contributed by atoms with Crippen LogP contribution in [-0.4, -0.2) is 36.7 Å². The van der Waals surface area contributed by atoms with Crippen molar-refractivity contribution in [2.24, 2.45) is 5.16 Å². The number of para-hydroxylation sites is 1. The zero-order chi connectivity index (χ0) is 25.9. The first-order valence-corrected chi connectivity index (χ1v) is 13.7. The highest BCUT2D eigenvalue weighted by molar-refractivity contribution is 7.90. The summed E-state index contributed by atoms with van der Waals surface area (Å²) in [6.45, 7) is 3.32. The summed E-state index contributed by atoms with van der Waals surface area (Å²) < 4.78 is 26.3. The van der Waals surface area contributed by atoms with Crippen molar-refractivity contribution in [3.63, 3.8) is 0 Å². The van der Waals surface area contributed by atoms with E-state index in [0.717, 1.165) is 41.1 Å². The number of fused-ring (bicyclic) bond motifs is 3. The van der Waals surface area contributed by atoms with E-state index in [2.05, 4.69) is 12.1 Å². The zero-order valence-corrected chi connectivity index (χ0v) is 21.3. The SMILES string of the molecule is CCCCCC(=NOC(C)=O)C(=O)c1ccc2c(c1)c1ccccc1n2-c1cccc(S(C)(=O)=O)c1. The molecule has 0 fully saturated rings. The van der Waals surface area contributed by atoms with E-state index in [1.54, 1.807) is 24.3 Å². The molecule has 0 aliphatic rings. The maximum Gasteiger partial charge on any atom is 0.331 e. The van der Waals surface area contributed by atoms with E-state index in [4.69, 9.17) is 4.84 Å². The number of unbranched alkanes of at least 4 members (excludes halogenated alkanes) is 2. The van der Waals surface area contributed by atoms with E-state index in [-0.39, 0.29) is 16.4 Å². The third-order valence-electron chi connectivity index (χ3n) is 6.00. The molecule has 0 N–H and O–H groups in total. The van der Waals surface area contributed by atoms with Crippen LogP contribution in [0, 0.1) is 0 Å². The van der Waals surface area contributed by atoms with Gasteiger partial charge in [-0.25, -0.2) is 13.2 Å². The van der Waals surface area contributed by atoms with Crippen molar-refractivity contribution < 1.29 is 22.8 Å². The Morgan fingerprint density at radius 3 is 2.39 bits per heavy atom. The molecule has 36 heavy (non-hydrogen) atoms. The van der Waals surface area contributed by atoms with E-state index < -0.39 is 15.8 Å². The van der Waals surface area contributed by atoms with Crippen LogP contribution in [0.1, 0.15) is 49.9 Å². The molecule has 0 atom stereocenters. The Morgan fingerprint density at radius 1 is 0.917 bits per heavy atom. The predicted molar refractivity (Wildman–Crippen MR) is 142 cm³/mol. The molecule has 0 bridgehead atoms. The quantitative estimate of drug-likeness (QED) is 0.0934. The summed E-state index contributed by atoms with van der Waals surface area (Å²) in [4.78, 5) is 29.7. The molecule has 0 aliphatic carbocycles. The normalized spacial score (nSPS) is 12.2. The van der Waals surface area contributed by atoms with Gasteiger partial charge in [0.15, 0.2) is 9.84 Å². The monoisotopic (exact) mass is 504 g/mol. The first kappa shape index (κ1) is 25.3. The maximum absolute atomic E-state index is 13.4. The molecule has 186 valence electrons. The minimum atomic E-state index is -3.38. The van der Waals surface area contributed by atoms with Crippen molar-refractivity contribution in [3.8, 4) is 5.69 Å². The molecule has 0 saturated carbocycles. The lowest BCUT2D eigenvalue weighted by Gasteiger charge is -2.10. The number of aromatic nitrogens is 1. The number of rotatable bonds is 9. The summed E-state index contributed by atoms with van der Waals surface area (Å²) in [5.74, 6) is -0.865. The molecule has 0 amide bonds. The molecule has 0 saturated heterocycles. The summed E-state index contributed by atoms with van der Waals surface area (Å²) in [6.07, 6.45) is 4.29. The molecule has 0 aliphatic heterocycles. The van der Waals surface area contributed by atoms with Gasteiger partial charge in [-0.2, -0.15) is 0 Å². The van der Waals surface area contributed by atoms with Gasteiger partial charge in [0.1, 0.15) is 5.71 Å². The lowest BCUT2D eigenvalue weighted by atomic mass is 10.00. The van der Waals surface area contributed by atoms with Crippen molar-refractivity contribution in [3.05, 3.63) is 72.3 Å². The third kappa shape index (κ3) is 5.23. The molecule has 0 unspecified atom stereocenters. The first-order chi connectivity index (χ1) is 17.2. The minimum Gasteiger partial charge on any atom is -0.318 e. The molecule has 3 aromatic carbocycles. The van der Waals surface area contributed by atoms with Crippen LogP contribution >= 0.6 is 0 Å². The number of sulfone groups is 1. The van der Waals surface area contributed by atoms with Gasteiger partial charge in [0.05, 0.1) is 15.9 Å². The largest absolute Gasteiger partial charge is 0.331 e. The lowest BCUT2D eigenvalue weighted by Crippen LogP contribution is -2.16. The summed E-state index contributed by atoms with van der Waals surface area (Å²) in [7, 11) is -3.38. The molecule has 1 heterocycles. The Morgan fingerprint density at radius 2 is 1.67 bits per heavy atom. The standard InChI is InChI=1S/C28H28N2O5S/c1-4-5-6-13-25(29-35-19(2)31)28(32)20-15-16-27-24(17-20)23-12-7-8-14-26(23)30(27)21-10-9-11-22(18-21)36(3,33)34/h7-12,14-18H,4-6,13H2,1-3H3. The Kier molecular flexibility index (Phi) is 7.35. The Balaban J connectivity index is 1.85. The van der Waals surface area contributed by atoms with Crippen LogP contribution in [0.5, 0.6) is 0 Å². The van der Waals surface area contributed by atoms with Gasteiger partial charge in [0.2, 0.25) is 5.78 Å². The van der Waals surface area contributed by atoms with Gasteiger partial charge in [-0.15, -0.1) is 0 Å². The molecular weight excluding hydrogens is 476 g/mol. The summed E-state index contributed by atoms with van der Waals surface area (Å²) in [6, 6.07) is 20.0. The van der Waals surface area contributed by atoms with Gasteiger partial charge < -0.3 is 9.40 Å². The number of benzene rings is 3. The van der Waals surface area contributed by atoms with Crippen molar-refractivity contribution in [2.45, 2.75) is 44.4 Å². The van der Waals surface area contributed by atoms with Crippen molar-refractivity contribution in [1.82, 2.24) is 4.57 Å². The van der Waals surface area contributed by atoms with Gasteiger partial charge in [0.25, 0.3) is 0 Å². The third-order valence-corrected chi connectivity index (χ3v) is 7.11. The molecular formula is C28H28N2O5S. The summed E-state index contributed by atoms with van der Waals surface area (Å²) in [5, 5.41) is 5.63. The Labute approximate surface area is 210 Å². The van der Waals surface area contributed by atoms with Gasteiger partial charge >= 0.3 is 5.97 Å². The van der Waals surface area contributed by atoms with Crippen LogP contribution in [-0.2, 0) is 19.5 Å². The topological polar surface area (TPSA) is 94.8 Å². The van der Waals surface area contributed by atoms with E-state index in [0.29, 0.717) is 17.7 Å². The number of carbonyl (C=O) groups excluding carboxylic acids is 2. The summed E-state index contributed by atoms with van der Waals surface area (Å²) in [5.41, 5.74) is 3.09. The molecule has 4 aromatic rings. The van der Waals surface area contributed by atoms with Crippen molar-refractivity contribution >= 4 is 49.1 Å². The molecule has 0 radical (unpaired) electrons. The lowest BCUT2D eigenvalue weighted by molar-refractivity contribution is -0.140. The van der Waals surface area contributed by atoms with Crippen LogP contribution < -0.4 is 0 Å². The Bertz CT molecular complexity index is 1600. The fourth-order valence-corrected chi connectivity index (χ4v) is 4.94. The van der Waals surface area contributed by atoms with Gasteiger partial charge in [-0.05, 0) is 55.3 Å². The number of ketones is 1. The molecule has 0 spiro atoms. The minimum absolute atomic E-state index is 0.211. The molecule has 8 heteroatoms. The van der Waals surface area contributed by atoms with Gasteiger partial charge in [-0.1, -0.05) is 49.2 Å². The number of oxime groups is 1. The highest BCUT2D eigenvalue weighted by Crippen LogP contribution is 2.33. The fourth-order valence-electron chi connectivity index (χ4n) is 4.27. The number of hydrogen-bond acceptors (Lipinski definition) is 6. The van der Waals surface area contributed by atoms with Crippen LogP contribution in [0.2, 0.25) is 0 Å². The van der Waals surface area contributed by atoms with E-state index in [1.165, 1.54) is 13.2 Å². The van der Waals surface area contributed by atoms with Crippen molar-refractivity contribution in [1.29, 1.82) is 0 Å². The molecule has 4 rings (SSSR count). The molecule has 1 aromatic heterocycles. The number of nitrogens with zero attached hydrogens (tertiary/aromatic N) is 2. The second-order valence-electron chi connectivity index (χ2n) is 8.76. The second-order valence-corrected chi connectivity index (χ2v) is 10.8. The van der Waals surface area contributed by atoms with Gasteiger partial charge in [-0.3, -0.25) is 4.79 Å². The number of carbonyl (C=O) groups is 2. The van der Waals surface area contributed by atoms with E-state index >= 15 is 0 Å². The van der Waals surface area contributed by atoms with E-state index in [1.807, 2.05) is 47.0 Å². The highest BCUT2D eigenvalue weighted by atomic mass is 32.2. The van der Waals surface area contributed by atoms with Crippen LogP contribution in [0.25, 0.3) is 27.5 Å². The predicted octanol–water partition coefficient (Wildman–Crippen LogP) is 5.87. The van der Waals surface area contributed by atoms with Crippen LogP contribution in [0.15, 0.2) is 76.8 Å². The van der Waals surface area contributed by atoms with E-state index in [9.17, 15) is 18.0 Å². The maximum atomic E-state index is 13.4. The number of Topliss-reactive ketones (excluding diaryl/α,β-unsaturated/α-hetero) is 1. The van der Waals surface area contributed by atoms with Crippen molar-refractivity contribution in [2.75, 3.05) is 6.26 Å². The first-order valence-electron chi connectivity index (χ1n) is 11.8. The molecule has 7 nitrogen and oxygen atoms in total. The highest BCUT2D eigenvalue weighted by Gasteiger charge is 2.19.